The topological polar surface area (TPSA) is 33.7 Å². The molecular weight excluding hydrogens is 240 g/mol. The summed E-state index contributed by atoms with van der Waals surface area (Å²) in [4.78, 5) is 2.55. The molecule has 19 heavy (non-hydrogen) atoms. The van der Waals surface area contributed by atoms with Crippen LogP contribution in [0.4, 0.5) is 0 Å². The monoisotopic (exact) mass is 268 g/mol. The van der Waals surface area contributed by atoms with Crippen molar-refractivity contribution in [3.63, 3.8) is 0 Å². The van der Waals surface area contributed by atoms with Gasteiger partial charge < -0.3 is 14.8 Å². The van der Waals surface area contributed by atoms with Gasteiger partial charge in [-0.05, 0) is 39.3 Å². The number of morpholine rings is 1. The molecule has 2 aliphatic rings. The Bertz CT molecular complexity index is 313. The smallest absolute Gasteiger partial charge is 0.111 e. The molecule has 0 amide bonds. The van der Waals surface area contributed by atoms with Crippen molar-refractivity contribution in [2.45, 2.75) is 44.7 Å². The van der Waals surface area contributed by atoms with E-state index in [1.165, 1.54) is 0 Å². The summed E-state index contributed by atoms with van der Waals surface area (Å²) in [6.45, 7) is 9.16. The van der Waals surface area contributed by atoms with Crippen molar-refractivity contribution in [3.8, 4) is 0 Å². The molecular formula is C15H28N2O2. The number of nitrogens with zero attached hydrogens (tertiary/aromatic N) is 1. The van der Waals surface area contributed by atoms with E-state index in [1.807, 2.05) is 7.05 Å². The Morgan fingerprint density at radius 1 is 1.37 bits per heavy atom. The molecule has 0 radical (unpaired) electrons. The van der Waals surface area contributed by atoms with Crippen LogP contribution in [-0.4, -0.2) is 56.4 Å². The van der Waals surface area contributed by atoms with Crippen LogP contribution in [0, 0.1) is 0 Å². The second kappa shape index (κ2) is 6.73. The molecule has 4 nitrogen and oxygen atoms in total. The summed E-state index contributed by atoms with van der Waals surface area (Å²) >= 11 is 0. The van der Waals surface area contributed by atoms with Gasteiger partial charge in [-0.25, -0.2) is 0 Å². The van der Waals surface area contributed by atoms with Gasteiger partial charge in [0.2, 0.25) is 0 Å². The molecule has 0 aromatic carbocycles. The quantitative estimate of drug-likeness (QED) is 0.824. The Balaban J connectivity index is 2.18. The average Bonchev–Trinajstić information content (AvgIpc) is 2.49. The third kappa shape index (κ3) is 3.12. The van der Waals surface area contributed by atoms with E-state index in [-0.39, 0.29) is 11.6 Å². The molecule has 2 aliphatic heterocycles. The van der Waals surface area contributed by atoms with Gasteiger partial charge in [-0.2, -0.15) is 0 Å². The molecule has 1 fully saturated rings. The first-order valence-electron chi connectivity index (χ1n) is 7.55. The highest BCUT2D eigenvalue weighted by Gasteiger charge is 2.41. The van der Waals surface area contributed by atoms with Crippen LogP contribution in [-0.2, 0) is 9.47 Å². The number of likely N-dealkylation sites (N-methyl/N-ethyl adjacent to an activating group) is 1. The van der Waals surface area contributed by atoms with Gasteiger partial charge in [0.15, 0.2) is 0 Å². The van der Waals surface area contributed by atoms with Crippen LogP contribution in [0.25, 0.3) is 0 Å². The van der Waals surface area contributed by atoms with Gasteiger partial charge in [-0.15, -0.1) is 0 Å². The molecule has 0 aliphatic carbocycles. The van der Waals surface area contributed by atoms with Gasteiger partial charge in [-0.1, -0.05) is 6.92 Å². The van der Waals surface area contributed by atoms with Crippen molar-refractivity contribution >= 4 is 0 Å². The summed E-state index contributed by atoms with van der Waals surface area (Å²) in [5.74, 6) is 1.13. The van der Waals surface area contributed by atoms with Crippen LogP contribution in [0.15, 0.2) is 11.8 Å². The minimum Gasteiger partial charge on any atom is -0.497 e. The minimum absolute atomic E-state index is 0.0850. The molecule has 1 saturated heterocycles. The number of ether oxygens (including phenoxy) is 2. The largest absolute Gasteiger partial charge is 0.497 e. The predicted octanol–water partition coefficient (Wildman–Crippen LogP) is 1.77. The first-order valence-corrected chi connectivity index (χ1v) is 7.55. The van der Waals surface area contributed by atoms with E-state index in [0.717, 1.165) is 57.9 Å². The molecule has 110 valence electrons. The lowest BCUT2D eigenvalue weighted by Crippen LogP contribution is -2.62. The van der Waals surface area contributed by atoms with E-state index in [2.05, 4.69) is 30.1 Å². The zero-order chi connectivity index (χ0) is 13.7. The summed E-state index contributed by atoms with van der Waals surface area (Å²) < 4.78 is 11.4. The molecule has 1 N–H and O–H groups in total. The molecule has 2 atom stereocenters. The number of hydrogen-bond acceptors (Lipinski definition) is 4. The fourth-order valence-corrected chi connectivity index (χ4v) is 3.22. The molecule has 0 bridgehead atoms. The fraction of sp³-hybridized carbons (Fsp3) is 0.867. The van der Waals surface area contributed by atoms with Crippen LogP contribution in [0.1, 0.15) is 33.1 Å². The fourth-order valence-electron chi connectivity index (χ4n) is 3.22. The van der Waals surface area contributed by atoms with Crippen molar-refractivity contribution in [2.75, 3.05) is 40.0 Å². The highest BCUT2D eigenvalue weighted by Crippen LogP contribution is 2.30. The molecule has 4 heteroatoms. The van der Waals surface area contributed by atoms with Crippen LogP contribution >= 0.6 is 0 Å². The van der Waals surface area contributed by atoms with Crippen LogP contribution in [0.2, 0.25) is 0 Å². The molecule has 0 aromatic rings. The summed E-state index contributed by atoms with van der Waals surface area (Å²) in [7, 11) is 2.04. The van der Waals surface area contributed by atoms with Gasteiger partial charge >= 0.3 is 0 Å². The van der Waals surface area contributed by atoms with Crippen molar-refractivity contribution in [3.05, 3.63) is 11.8 Å². The SMILES string of the molecule is CCC(C)(C(NC)C1=CCCCO1)N1CCOCC1. The van der Waals surface area contributed by atoms with E-state index < -0.39 is 0 Å². The van der Waals surface area contributed by atoms with Crippen molar-refractivity contribution in [1.82, 2.24) is 10.2 Å². The Morgan fingerprint density at radius 2 is 2.11 bits per heavy atom. The average molecular weight is 268 g/mol. The molecule has 0 spiro atoms. The number of nitrogens with one attached hydrogen (secondary N) is 1. The van der Waals surface area contributed by atoms with E-state index in [4.69, 9.17) is 9.47 Å². The molecule has 0 aromatic heterocycles. The van der Waals surface area contributed by atoms with Crippen LogP contribution in [0.3, 0.4) is 0 Å². The lowest BCUT2D eigenvalue weighted by Gasteiger charge is -2.48. The van der Waals surface area contributed by atoms with Gasteiger partial charge in [0.1, 0.15) is 5.76 Å². The normalized spacial score (nSPS) is 26.2. The minimum atomic E-state index is 0.0850. The zero-order valence-corrected chi connectivity index (χ0v) is 12.6. The second-order valence-corrected chi connectivity index (χ2v) is 5.63. The highest BCUT2D eigenvalue weighted by atomic mass is 16.5. The zero-order valence-electron chi connectivity index (χ0n) is 12.6. The molecule has 2 heterocycles. The summed E-state index contributed by atoms with van der Waals surface area (Å²) in [6.07, 6.45) is 5.63. The van der Waals surface area contributed by atoms with Crippen molar-refractivity contribution < 1.29 is 9.47 Å². The van der Waals surface area contributed by atoms with Gasteiger partial charge in [0, 0.05) is 18.6 Å². The van der Waals surface area contributed by atoms with Crippen molar-refractivity contribution in [2.24, 2.45) is 0 Å². The summed E-state index contributed by atoms with van der Waals surface area (Å²) in [5, 5.41) is 3.48. The maximum atomic E-state index is 5.91. The van der Waals surface area contributed by atoms with Crippen LogP contribution in [0.5, 0.6) is 0 Å². The third-order valence-corrected chi connectivity index (χ3v) is 4.61. The van der Waals surface area contributed by atoms with Crippen molar-refractivity contribution in [1.29, 1.82) is 0 Å². The molecule has 2 unspecified atom stereocenters. The number of rotatable bonds is 5. The molecule has 0 saturated carbocycles. The third-order valence-electron chi connectivity index (χ3n) is 4.61. The standard InChI is InChI=1S/C15H28N2O2/c1-4-15(2,17-8-11-18-12-9-17)14(16-3)13-7-5-6-10-19-13/h7,14,16H,4-6,8-12H2,1-3H3. The maximum absolute atomic E-state index is 5.91. The highest BCUT2D eigenvalue weighted by molar-refractivity contribution is 5.15. The van der Waals surface area contributed by atoms with Gasteiger partial charge in [0.05, 0.1) is 25.9 Å². The summed E-state index contributed by atoms with van der Waals surface area (Å²) in [6, 6.07) is 0.260. The number of hydrogen-bond donors (Lipinski definition) is 1. The lowest BCUT2D eigenvalue weighted by molar-refractivity contribution is -0.0347. The lowest BCUT2D eigenvalue weighted by atomic mass is 9.84. The first-order chi connectivity index (χ1) is 9.22. The molecule has 2 rings (SSSR count). The Kier molecular flexibility index (Phi) is 5.25. The van der Waals surface area contributed by atoms with Gasteiger partial charge in [0.25, 0.3) is 0 Å². The van der Waals surface area contributed by atoms with E-state index in [0.29, 0.717) is 0 Å². The van der Waals surface area contributed by atoms with Gasteiger partial charge in [-0.3, -0.25) is 4.90 Å². The Labute approximate surface area is 117 Å². The van der Waals surface area contributed by atoms with E-state index in [1.54, 1.807) is 0 Å². The maximum Gasteiger partial charge on any atom is 0.111 e. The second-order valence-electron chi connectivity index (χ2n) is 5.63. The summed E-state index contributed by atoms with van der Waals surface area (Å²) in [5.41, 5.74) is 0.0850. The van der Waals surface area contributed by atoms with E-state index >= 15 is 0 Å². The first kappa shape index (κ1) is 14.8. The Morgan fingerprint density at radius 3 is 2.63 bits per heavy atom. The number of allylic oxidation sites excluding steroid dienone is 1. The Hall–Kier alpha value is -0.580. The van der Waals surface area contributed by atoms with E-state index in [9.17, 15) is 0 Å². The predicted molar refractivity (Wildman–Crippen MR) is 77.2 cm³/mol. The van der Waals surface area contributed by atoms with Crippen LogP contribution < -0.4 is 5.32 Å².